The van der Waals surface area contributed by atoms with Gasteiger partial charge in [-0.25, -0.2) is 0 Å². The molecule has 0 saturated carbocycles. The van der Waals surface area contributed by atoms with Gasteiger partial charge in [0.2, 0.25) is 4.96 Å². The Labute approximate surface area is 178 Å². The Morgan fingerprint density at radius 1 is 1.07 bits per heavy atom. The highest BCUT2D eigenvalue weighted by atomic mass is 32.1. The van der Waals surface area contributed by atoms with E-state index in [0.29, 0.717) is 34.3 Å². The molecule has 2 aromatic carbocycles. The Bertz CT molecular complexity index is 1250. The Morgan fingerprint density at radius 3 is 2.63 bits per heavy atom. The summed E-state index contributed by atoms with van der Waals surface area (Å²) in [6.07, 6.45) is 3.90. The first-order valence-corrected chi connectivity index (χ1v) is 10.9. The van der Waals surface area contributed by atoms with E-state index in [0.717, 1.165) is 29.7 Å². The number of unbranched alkanes of at least 4 members (excludes halogenated alkanes) is 1. The van der Waals surface area contributed by atoms with Gasteiger partial charge in [-0.1, -0.05) is 61.1 Å². The van der Waals surface area contributed by atoms with Crippen molar-refractivity contribution in [1.82, 2.24) is 14.6 Å². The Morgan fingerprint density at radius 2 is 1.90 bits per heavy atom. The molecule has 0 aliphatic carbocycles. The molecule has 6 nitrogen and oxygen atoms in total. The van der Waals surface area contributed by atoms with Gasteiger partial charge in [0, 0.05) is 5.56 Å². The van der Waals surface area contributed by atoms with E-state index in [1.165, 1.54) is 15.9 Å². The van der Waals surface area contributed by atoms with Gasteiger partial charge in [0.25, 0.3) is 5.56 Å². The molecule has 0 saturated heterocycles. The smallest absolute Gasteiger partial charge is 0.291 e. The summed E-state index contributed by atoms with van der Waals surface area (Å²) in [7, 11) is 0. The van der Waals surface area contributed by atoms with E-state index in [9.17, 15) is 4.79 Å². The molecule has 0 atom stereocenters. The molecule has 154 valence electrons. The number of rotatable bonds is 8. The maximum Gasteiger partial charge on any atom is 0.291 e. The molecule has 0 amide bonds. The number of ether oxygens (including phenoxy) is 2. The average molecular weight is 422 g/mol. The highest BCUT2D eigenvalue weighted by molar-refractivity contribution is 7.15. The third-order valence-electron chi connectivity index (χ3n) is 4.53. The average Bonchev–Trinajstić information content (AvgIpc) is 3.30. The first kappa shape index (κ1) is 20.1. The summed E-state index contributed by atoms with van der Waals surface area (Å²) in [4.78, 5) is 17.9. The van der Waals surface area contributed by atoms with Crippen molar-refractivity contribution in [2.75, 3.05) is 13.2 Å². The summed E-state index contributed by atoms with van der Waals surface area (Å²) in [6, 6.07) is 15.4. The van der Waals surface area contributed by atoms with Crippen LogP contribution in [0.15, 0.2) is 53.3 Å². The van der Waals surface area contributed by atoms with Crippen LogP contribution in [0.25, 0.3) is 22.4 Å². The maximum absolute atomic E-state index is 12.8. The van der Waals surface area contributed by atoms with Crippen molar-refractivity contribution < 1.29 is 9.47 Å². The van der Waals surface area contributed by atoms with Crippen LogP contribution in [0.1, 0.15) is 32.3 Å². The molecule has 0 unspecified atom stereocenters. The molecule has 0 aliphatic heterocycles. The van der Waals surface area contributed by atoms with Gasteiger partial charge in [-0.05, 0) is 37.1 Å². The summed E-state index contributed by atoms with van der Waals surface area (Å²) >= 11 is 1.32. The van der Waals surface area contributed by atoms with Gasteiger partial charge in [0.1, 0.15) is 0 Å². The van der Waals surface area contributed by atoms with Crippen LogP contribution in [0, 0.1) is 0 Å². The van der Waals surface area contributed by atoms with Gasteiger partial charge in [-0.15, -0.1) is 5.10 Å². The summed E-state index contributed by atoms with van der Waals surface area (Å²) < 4.78 is 13.5. The minimum atomic E-state index is -0.175. The zero-order valence-corrected chi connectivity index (χ0v) is 17.8. The molecule has 2 aromatic heterocycles. The number of hydrogen-bond donors (Lipinski definition) is 0. The van der Waals surface area contributed by atoms with Crippen LogP contribution >= 0.6 is 11.3 Å². The number of hydrogen-bond acceptors (Lipinski definition) is 6. The molecule has 0 radical (unpaired) electrons. The summed E-state index contributed by atoms with van der Waals surface area (Å²) in [6.45, 7) is 5.26. The van der Waals surface area contributed by atoms with Crippen molar-refractivity contribution in [3.63, 3.8) is 0 Å². The second-order valence-corrected chi connectivity index (χ2v) is 7.76. The van der Waals surface area contributed by atoms with Crippen molar-refractivity contribution >= 4 is 22.4 Å². The molecule has 7 heteroatoms. The molecule has 0 bridgehead atoms. The van der Waals surface area contributed by atoms with E-state index in [1.54, 1.807) is 0 Å². The van der Waals surface area contributed by atoms with E-state index in [-0.39, 0.29) is 5.56 Å². The zero-order chi connectivity index (χ0) is 20.9. The molecule has 4 rings (SSSR count). The summed E-state index contributed by atoms with van der Waals surface area (Å²) in [5.74, 6) is 1.96. The SMILES string of the molecule is CCCCOc1ccc(C=c2sc3nc(-c4ccccc4)nn3c2=O)cc1OCC. The van der Waals surface area contributed by atoms with Crippen molar-refractivity contribution in [2.24, 2.45) is 0 Å². The fourth-order valence-corrected chi connectivity index (χ4v) is 3.93. The van der Waals surface area contributed by atoms with Gasteiger partial charge in [-0.3, -0.25) is 4.79 Å². The van der Waals surface area contributed by atoms with Gasteiger partial charge < -0.3 is 9.47 Å². The van der Waals surface area contributed by atoms with E-state index in [1.807, 2.05) is 61.5 Å². The highest BCUT2D eigenvalue weighted by Gasteiger charge is 2.12. The number of fused-ring (bicyclic) bond motifs is 1. The van der Waals surface area contributed by atoms with Crippen LogP contribution in [0.2, 0.25) is 0 Å². The topological polar surface area (TPSA) is 65.7 Å². The summed E-state index contributed by atoms with van der Waals surface area (Å²) in [5, 5.41) is 4.39. The lowest BCUT2D eigenvalue weighted by molar-refractivity contribution is 0.272. The van der Waals surface area contributed by atoms with Gasteiger partial charge in [0.15, 0.2) is 17.3 Å². The molecule has 0 N–H and O–H groups in total. The van der Waals surface area contributed by atoms with Crippen molar-refractivity contribution in [1.29, 1.82) is 0 Å². The second kappa shape index (κ2) is 9.09. The molecule has 0 spiro atoms. The number of aromatic nitrogens is 3. The molecular formula is C23H23N3O3S. The fraction of sp³-hybridized carbons (Fsp3) is 0.261. The van der Waals surface area contributed by atoms with Crippen LogP contribution < -0.4 is 19.6 Å². The summed E-state index contributed by atoms with van der Waals surface area (Å²) in [5.41, 5.74) is 1.58. The monoisotopic (exact) mass is 421 g/mol. The normalized spacial score (nSPS) is 11.9. The van der Waals surface area contributed by atoms with Crippen molar-refractivity contribution in [3.05, 3.63) is 69.0 Å². The number of benzene rings is 2. The largest absolute Gasteiger partial charge is 0.490 e. The highest BCUT2D eigenvalue weighted by Crippen LogP contribution is 2.29. The Balaban J connectivity index is 1.67. The van der Waals surface area contributed by atoms with E-state index < -0.39 is 0 Å². The molecule has 4 aromatic rings. The lowest BCUT2D eigenvalue weighted by Gasteiger charge is -2.12. The van der Waals surface area contributed by atoms with Crippen LogP contribution in [-0.4, -0.2) is 27.8 Å². The molecule has 2 heterocycles. The Hall–Kier alpha value is -3.19. The lowest BCUT2D eigenvalue weighted by Crippen LogP contribution is -2.23. The van der Waals surface area contributed by atoms with Gasteiger partial charge in [0.05, 0.1) is 17.7 Å². The first-order valence-electron chi connectivity index (χ1n) is 10.1. The third kappa shape index (κ3) is 4.21. The lowest BCUT2D eigenvalue weighted by atomic mass is 10.2. The Kier molecular flexibility index (Phi) is 6.09. The van der Waals surface area contributed by atoms with E-state index in [4.69, 9.17) is 9.47 Å². The van der Waals surface area contributed by atoms with Gasteiger partial charge in [-0.2, -0.15) is 9.50 Å². The van der Waals surface area contributed by atoms with Crippen molar-refractivity contribution in [2.45, 2.75) is 26.7 Å². The van der Waals surface area contributed by atoms with E-state index >= 15 is 0 Å². The number of nitrogens with zero attached hydrogens (tertiary/aromatic N) is 3. The minimum absolute atomic E-state index is 0.175. The predicted octanol–water partition coefficient (Wildman–Crippen LogP) is 3.94. The molecule has 0 fully saturated rings. The van der Waals surface area contributed by atoms with E-state index in [2.05, 4.69) is 17.0 Å². The molecular weight excluding hydrogens is 398 g/mol. The number of thiazole rings is 1. The van der Waals surface area contributed by atoms with Gasteiger partial charge >= 0.3 is 0 Å². The molecule has 30 heavy (non-hydrogen) atoms. The van der Waals surface area contributed by atoms with Crippen LogP contribution in [-0.2, 0) is 0 Å². The standard InChI is InChI=1S/C23H23N3O3S/c1-3-5-13-29-18-12-11-16(14-19(18)28-4-2)15-20-22(27)26-23(30-20)24-21(25-26)17-9-7-6-8-10-17/h6-12,14-15H,3-5,13H2,1-2H3. The first-order chi connectivity index (χ1) is 14.7. The predicted molar refractivity (Wildman–Crippen MR) is 119 cm³/mol. The van der Waals surface area contributed by atoms with Crippen LogP contribution in [0.4, 0.5) is 0 Å². The quantitative estimate of drug-likeness (QED) is 0.403. The van der Waals surface area contributed by atoms with Crippen LogP contribution in [0.5, 0.6) is 11.5 Å². The minimum Gasteiger partial charge on any atom is -0.490 e. The van der Waals surface area contributed by atoms with Crippen molar-refractivity contribution in [3.8, 4) is 22.9 Å². The molecule has 0 aliphatic rings. The second-order valence-electron chi connectivity index (χ2n) is 6.75. The maximum atomic E-state index is 12.8. The third-order valence-corrected chi connectivity index (χ3v) is 5.49. The fourth-order valence-electron chi connectivity index (χ4n) is 3.02. The van der Waals surface area contributed by atoms with Crippen LogP contribution in [0.3, 0.4) is 0 Å². The zero-order valence-electron chi connectivity index (χ0n) is 17.0.